The average molecular weight is 306 g/mol. The van der Waals surface area contributed by atoms with E-state index >= 15 is 0 Å². The molecule has 1 unspecified atom stereocenters. The first-order valence-corrected chi connectivity index (χ1v) is 7.69. The van der Waals surface area contributed by atoms with Crippen molar-refractivity contribution in [3.05, 3.63) is 35.9 Å². The molecule has 0 amide bonds. The van der Waals surface area contributed by atoms with Crippen LogP contribution in [0.25, 0.3) is 0 Å². The highest BCUT2D eigenvalue weighted by molar-refractivity contribution is 5.70. The van der Waals surface area contributed by atoms with Gasteiger partial charge in [-0.25, -0.2) is 0 Å². The lowest BCUT2D eigenvalue weighted by atomic mass is 9.94. The molecule has 4 heteroatoms. The summed E-state index contributed by atoms with van der Waals surface area (Å²) < 4.78 is 5.06. The van der Waals surface area contributed by atoms with Crippen LogP contribution in [-0.2, 0) is 11.2 Å². The Balaban J connectivity index is 2.59. The summed E-state index contributed by atoms with van der Waals surface area (Å²) >= 11 is 0. The molecular formula is C18H26O4. The van der Waals surface area contributed by atoms with Crippen LogP contribution >= 0.6 is 0 Å². The Morgan fingerprint density at radius 3 is 2.68 bits per heavy atom. The highest BCUT2D eigenvalue weighted by atomic mass is 16.5. The monoisotopic (exact) mass is 306 g/mol. The lowest BCUT2D eigenvalue weighted by molar-refractivity contribution is -0.141. The maximum atomic E-state index is 11.4. The molecule has 0 aliphatic carbocycles. The topological polar surface area (TPSA) is 66.8 Å². The van der Waals surface area contributed by atoms with Crippen LogP contribution in [0.2, 0.25) is 0 Å². The van der Waals surface area contributed by atoms with Crippen LogP contribution in [0.5, 0.6) is 11.5 Å². The largest absolute Gasteiger partial charge is 0.504 e. The van der Waals surface area contributed by atoms with E-state index in [0.717, 1.165) is 18.4 Å². The van der Waals surface area contributed by atoms with E-state index in [1.54, 1.807) is 18.2 Å². The Kier molecular flexibility index (Phi) is 7.50. The molecule has 0 saturated heterocycles. The van der Waals surface area contributed by atoms with Crippen LogP contribution in [0, 0.1) is 11.8 Å². The van der Waals surface area contributed by atoms with Crippen LogP contribution in [0.4, 0.5) is 0 Å². The molecule has 2 N–H and O–H groups in total. The minimum Gasteiger partial charge on any atom is -0.504 e. The SMILES string of the molecule is COc1cc(CC(CCCC=CC(C)C)C(=O)O)ccc1O. The molecule has 1 atom stereocenters. The van der Waals surface area contributed by atoms with Gasteiger partial charge in [-0.05, 0) is 49.3 Å². The number of rotatable bonds is 9. The lowest BCUT2D eigenvalue weighted by Gasteiger charge is -2.13. The van der Waals surface area contributed by atoms with Gasteiger partial charge in [0, 0.05) is 0 Å². The zero-order valence-electron chi connectivity index (χ0n) is 13.6. The zero-order chi connectivity index (χ0) is 16.5. The van der Waals surface area contributed by atoms with Crippen molar-refractivity contribution in [1.82, 2.24) is 0 Å². The summed E-state index contributed by atoms with van der Waals surface area (Å²) in [5.41, 5.74) is 0.861. The van der Waals surface area contributed by atoms with Gasteiger partial charge in [0.25, 0.3) is 0 Å². The van der Waals surface area contributed by atoms with E-state index in [-0.39, 0.29) is 5.75 Å². The molecular weight excluding hydrogens is 280 g/mol. The van der Waals surface area contributed by atoms with Crippen molar-refractivity contribution in [2.24, 2.45) is 11.8 Å². The molecule has 22 heavy (non-hydrogen) atoms. The maximum Gasteiger partial charge on any atom is 0.306 e. The van der Waals surface area contributed by atoms with E-state index in [0.29, 0.717) is 24.5 Å². The summed E-state index contributed by atoms with van der Waals surface area (Å²) in [5, 5.41) is 18.9. The number of unbranched alkanes of at least 4 members (excludes halogenated alkanes) is 1. The predicted octanol–water partition coefficient (Wildman–Crippen LogP) is 4.03. The normalized spacial score (nSPS) is 12.7. The number of hydrogen-bond acceptors (Lipinski definition) is 3. The summed E-state index contributed by atoms with van der Waals surface area (Å²) in [7, 11) is 1.48. The lowest BCUT2D eigenvalue weighted by Crippen LogP contribution is -2.16. The number of benzene rings is 1. The summed E-state index contributed by atoms with van der Waals surface area (Å²) in [5.74, 6) is -0.222. The molecule has 0 saturated carbocycles. The third-order valence-electron chi connectivity index (χ3n) is 3.52. The number of carboxylic acid groups (broad SMARTS) is 1. The van der Waals surface area contributed by atoms with Crippen molar-refractivity contribution >= 4 is 5.97 Å². The fourth-order valence-corrected chi connectivity index (χ4v) is 2.30. The standard InChI is InChI=1S/C18H26O4/c1-13(2)7-5-4-6-8-15(18(20)21)11-14-9-10-16(19)17(12-14)22-3/h5,7,9-10,12-13,15,19H,4,6,8,11H2,1-3H3,(H,20,21). The number of carbonyl (C=O) groups is 1. The van der Waals surface area contributed by atoms with E-state index in [4.69, 9.17) is 4.74 Å². The van der Waals surface area contributed by atoms with Gasteiger partial charge in [0.15, 0.2) is 11.5 Å². The molecule has 0 radical (unpaired) electrons. The summed E-state index contributed by atoms with van der Waals surface area (Å²) in [6.45, 7) is 4.24. The zero-order valence-corrected chi connectivity index (χ0v) is 13.6. The molecule has 122 valence electrons. The van der Waals surface area contributed by atoms with Gasteiger partial charge in [0.05, 0.1) is 13.0 Å². The fourth-order valence-electron chi connectivity index (χ4n) is 2.30. The molecule has 0 fully saturated rings. The van der Waals surface area contributed by atoms with Gasteiger partial charge in [-0.2, -0.15) is 0 Å². The molecule has 1 rings (SSSR count). The van der Waals surface area contributed by atoms with E-state index in [1.165, 1.54) is 7.11 Å². The number of allylic oxidation sites excluding steroid dienone is 2. The van der Waals surface area contributed by atoms with Crippen molar-refractivity contribution in [2.75, 3.05) is 7.11 Å². The smallest absolute Gasteiger partial charge is 0.306 e. The van der Waals surface area contributed by atoms with Gasteiger partial charge >= 0.3 is 5.97 Å². The summed E-state index contributed by atoms with van der Waals surface area (Å²) in [6.07, 6.45) is 7.10. The summed E-state index contributed by atoms with van der Waals surface area (Å²) in [6, 6.07) is 4.98. The van der Waals surface area contributed by atoms with Crippen molar-refractivity contribution in [3.63, 3.8) is 0 Å². The van der Waals surface area contributed by atoms with E-state index in [9.17, 15) is 15.0 Å². The summed E-state index contributed by atoms with van der Waals surface area (Å²) in [4.78, 5) is 11.4. The van der Waals surface area contributed by atoms with Gasteiger partial charge in [-0.3, -0.25) is 4.79 Å². The van der Waals surface area contributed by atoms with Crippen LogP contribution in [-0.4, -0.2) is 23.3 Å². The maximum absolute atomic E-state index is 11.4. The van der Waals surface area contributed by atoms with Crippen molar-refractivity contribution < 1.29 is 19.7 Å². The Bertz CT molecular complexity index is 506. The first-order chi connectivity index (χ1) is 10.4. The Labute approximate surface area is 132 Å². The number of carboxylic acids is 1. The highest BCUT2D eigenvalue weighted by Crippen LogP contribution is 2.28. The molecule has 0 spiro atoms. The molecule has 0 bridgehead atoms. The molecule has 1 aromatic carbocycles. The second-order valence-corrected chi connectivity index (χ2v) is 5.85. The molecule has 0 aromatic heterocycles. The number of methoxy groups -OCH3 is 1. The number of phenols is 1. The molecule has 0 aliphatic rings. The second kappa shape index (κ2) is 9.13. The third-order valence-corrected chi connectivity index (χ3v) is 3.52. The molecule has 1 aromatic rings. The third kappa shape index (κ3) is 6.20. The molecule has 4 nitrogen and oxygen atoms in total. The quantitative estimate of drug-likeness (QED) is 0.534. The van der Waals surface area contributed by atoms with Gasteiger partial charge in [-0.1, -0.05) is 32.1 Å². The van der Waals surface area contributed by atoms with Gasteiger partial charge in [-0.15, -0.1) is 0 Å². The van der Waals surface area contributed by atoms with Crippen LogP contribution in [0.15, 0.2) is 30.4 Å². The number of aliphatic carboxylic acids is 1. The van der Waals surface area contributed by atoms with Crippen molar-refractivity contribution in [1.29, 1.82) is 0 Å². The number of ether oxygens (including phenoxy) is 1. The van der Waals surface area contributed by atoms with Crippen LogP contribution in [0.1, 0.15) is 38.7 Å². The van der Waals surface area contributed by atoms with E-state index in [1.807, 2.05) is 0 Å². The van der Waals surface area contributed by atoms with Crippen LogP contribution in [0.3, 0.4) is 0 Å². The predicted molar refractivity (Wildman–Crippen MR) is 87.3 cm³/mol. The fraction of sp³-hybridized carbons (Fsp3) is 0.500. The Hall–Kier alpha value is -1.97. The Morgan fingerprint density at radius 2 is 2.09 bits per heavy atom. The first kappa shape index (κ1) is 18.1. The molecule has 0 heterocycles. The minimum absolute atomic E-state index is 0.0666. The molecule has 0 aliphatic heterocycles. The van der Waals surface area contributed by atoms with Gasteiger partial charge < -0.3 is 14.9 Å². The van der Waals surface area contributed by atoms with Crippen LogP contribution < -0.4 is 4.74 Å². The number of aromatic hydroxyl groups is 1. The number of hydrogen-bond donors (Lipinski definition) is 2. The van der Waals surface area contributed by atoms with Gasteiger partial charge in [0.2, 0.25) is 0 Å². The minimum atomic E-state index is -0.778. The average Bonchev–Trinajstić information content (AvgIpc) is 2.46. The van der Waals surface area contributed by atoms with E-state index in [2.05, 4.69) is 26.0 Å². The first-order valence-electron chi connectivity index (χ1n) is 7.69. The number of phenolic OH excluding ortho intramolecular Hbond substituents is 1. The van der Waals surface area contributed by atoms with E-state index < -0.39 is 11.9 Å². The highest BCUT2D eigenvalue weighted by Gasteiger charge is 2.18. The Morgan fingerprint density at radius 1 is 1.36 bits per heavy atom. The van der Waals surface area contributed by atoms with Crippen molar-refractivity contribution in [2.45, 2.75) is 39.5 Å². The van der Waals surface area contributed by atoms with Crippen molar-refractivity contribution in [3.8, 4) is 11.5 Å². The second-order valence-electron chi connectivity index (χ2n) is 5.85. The van der Waals surface area contributed by atoms with Gasteiger partial charge in [0.1, 0.15) is 0 Å².